The van der Waals surface area contributed by atoms with E-state index in [1.165, 1.54) is 5.56 Å². The molecule has 20 heavy (non-hydrogen) atoms. The van der Waals surface area contributed by atoms with Gasteiger partial charge >= 0.3 is 0 Å². The van der Waals surface area contributed by atoms with Crippen LogP contribution in [0.4, 0.5) is 0 Å². The Balaban J connectivity index is 1.87. The molecular formula is C17H26N2O. The van der Waals surface area contributed by atoms with Crippen LogP contribution < -0.4 is 5.32 Å². The van der Waals surface area contributed by atoms with Crippen LogP contribution in [0.1, 0.15) is 44.6 Å². The lowest BCUT2D eigenvalue weighted by Gasteiger charge is -2.07. The largest absolute Gasteiger partial charge is 0.355 e. The smallest absolute Gasteiger partial charge is 0.224 e. The van der Waals surface area contributed by atoms with Crippen molar-refractivity contribution in [2.75, 3.05) is 6.54 Å². The molecule has 3 heteroatoms. The van der Waals surface area contributed by atoms with Gasteiger partial charge in [-0.2, -0.15) is 0 Å². The van der Waals surface area contributed by atoms with Gasteiger partial charge in [0, 0.05) is 30.3 Å². The third-order valence-corrected chi connectivity index (χ3v) is 5.11. The van der Waals surface area contributed by atoms with Crippen molar-refractivity contribution in [1.82, 2.24) is 10.3 Å². The van der Waals surface area contributed by atoms with Crippen molar-refractivity contribution in [1.29, 1.82) is 0 Å². The van der Waals surface area contributed by atoms with E-state index in [2.05, 4.69) is 57.1 Å². The number of carbonyl (C=O) groups excluding carboxylic acids is 1. The number of hydrogen-bond donors (Lipinski definition) is 1. The van der Waals surface area contributed by atoms with E-state index < -0.39 is 0 Å². The lowest BCUT2D eigenvalue weighted by Crippen LogP contribution is -2.29. The number of nitrogens with one attached hydrogen (secondary N) is 1. The van der Waals surface area contributed by atoms with Gasteiger partial charge in [0.1, 0.15) is 0 Å². The minimum absolute atomic E-state index is 0.106. The zero-order chi connectivity index (χ0) is 15.1. The molecule has 0 atom stereocenters. The fourth-order valence-electron chi connectivity index (χ4n) is 3.32. The second kappa shape index (κ2) is 4.87. The molecule has 1 aliphatic rings. The van der Waals surface area contributed by atoms with Gasteiger partial charge in [-0.05, 0) is 42.4 Å². The van der Waals surface area contributed by atoms with E-state index >= 15 is 0 Å². The number of aryl methyl sites for hydroxylation is 2. The van der Waals surface area contributed by atoms with Crippen molar-refractivity contribution in [3.05, 3.63) is 29.1 Å². The normalized spacial score (nSPS) is 19.7. The van der Waals surface area contributed by atoms with Crippen molar-refractivity contribution in [3.8, 4) is 0 Å². The van der Waals surface area contributed by atoms with Crippen LogP contribution in [0.25, 0.3) is 0 Å². The molecule has 3 nitrogen and oxygen atoms in total. The van der Waals surface area contributed by atoms with Crippen LogP contribution >= 0.6 is 0 Å². The molecule has 1 N–H and O–H groups in total. The Hall–Kier alpha value is -1.38. The number of carbonyl (C=O) groups is 1. The molecule has 1 heterocycles. The summed E-state index contributed by atoms with van der Waals surface area (Å²) in [6.45, 7) is 13.4. The lowest BCUT2D eigenvalue weighted by molar-refractivity contribution is -0.123. The third kappa shape index (κ3) is 2.58. The van der Waals surface area contributed by atoms with E-state index in [-0.39, 0.29) is 22.7 Å². The van der Waals surface area contributed by atoms with Crippen LogP contribution in [-0.4, -0.2) is 17.4 Å². The Kier molecular flexibility index (Phi) is 3.66. The Labute approximate surface area is 122 Å². The molecule has 0 saturated heterocycles. The molecule has 110 valence electrons. The summed E-state index contributed by atoms with van der Waals surface area (Å²) in [5, 5.41) is 3.06. The van der Waals surface area contributed by atoms with Crippen molar-refractivity contribution in [2.24, 2.45) is 16.7 Å². The molecule has 1 fully saturated rings. The van der Waals surface area contributed by atoms with Crippen LogP contribution in [0.15, 0.2) is 12.1 Å². The fraction of sp³-hybridized carbons (Fsp3) is 0.647. The SMILES string of the molecule is Cc1cc(C)nc(CCNC(=O)C2C(C)(C)C2(C)C)c1. The summed E-state index contributed by atoms with van der Waals surface area (Å²) in [6.07, 6.45) is 0.793. The first-order valence-electron chi connectivity index (χ1n) is 7.38. The molecule has 1 aromatic rings. The van der Waals surface area contributed by atoms with E-state index in [1.54, 1.807) is 0 Å². The number of pyridine rings is 1. The minimum Gasteiger partial charge on any atom is -0.355 e. The second-order valence-electron chi connectivity index (χ2n) is 7.19. The summed E-state index contributed by atoms with van der Waals surface area (Å²) < 4.78 is 0. The number of amides is 1. The zero-order valence-electron chi connectivity index (χ0n) is 13.5. The summed E-state index contributed by atoms with van der Waals surface area (Å²) in [7, 11) is 0. The molecule has 1 amide bonds. The molecular weight excluding hydrogens is 248 g/mol. The van der Waals surface area contributed by atoms with Crippen LogP contribution in [-0.2, 0) is 11.2 Å². The third-order valence-electron chi connectivity index (χ3n) is 5.11. The Morgan fingerprint density at radius 2 is 1.80 bits per heavy atom. The zero-order valence-corrected chi connectivity index (χ0v) is 13.5. The maximum absolute atomic E-state index is 12.2. The summed E-state index contributed by atoms with van der Waals surface area (Å²) in [6, 6.07) is 4.15. The molecule has 1 saturated carbocycles. The van der Waals surface area contributed by atoms with Gasteiger partial charge in [-0.25, -0.2) is 0 Å². The highest BCUT2D eigenvalue weighted by molar-refractivity contribution is 5.84. The predicted octanol–water partition coefficient (Wildman–Crippen LogP) is 3.04. The quantitative estimate of drug-likeness (QED) is 0.917. The molecule has 0 spiro atoms. The standard InChI is InChI=1S/C17H26N2O/c1-11-9-12(2)19-13(10-11)7-8-18-15(20)14-16(3,4)17(14,5)6/h9-10,14H,7-8H2,1-6H3,(H,18,20). The van der Waals surface area contributed by atoms with Crippen molar-refractivity contribution in [2.45, 2.75) is 48.0 Å². The van der Waals surface area contributed by atoms with Crippen LogP contribution in [0, 0.1) is 30.6 Å². The molecule has 0 bridgehead atoms. The van der Waals surface area contributed by atoms with Gasteiger partial charge < -0.3 is 5.32 Å². The van der Waals surface area contributed by atoms with E-state index in [1.807, 2.05) is 6.92 Å². The second-order valence-corrected chi connectivity index (χ2v) is 7.19. The van der Waals surface area contributed by atoms with Crippen molar-refractivity contribution >= 4 is 5.91 Å². The highest BCUT2D eigenvalue weighted by Gasteiger charge is 2.68. The van der Waals surface area contributed by atoms with E-state index in [4.69, 9.17) is 0 Å². The number of hydrogen-bond acceptors (Lipinski definition) is 2. The number of nitrogens with zero attached hydrogens (tertiary/aromatic N) is 1. The van der Waals surface area contributed by atoms with Crippen LogP contribution in [0.2, 0.25) is 0 Å². The average molecular weight is 274 g/mol. The maximum Gasteiger partial charge on any atom is 0.224 e. The van der Waals surface area contributed by atoms with Gasteiger partial charge in [0.15, 0.2) is 0 Å². The Bertz CT molecular complexity index is 498. The van der Waals surface area contributed by atoms with Crippen molar-refractivity contribution in [3.63, 3.8) is 0 Å². The summed E-state index contributed by atoms with van der Waals surface area (Å²) >= 11 is 0. The maximum atomic E-state index is 12.2. The van der Waals surface area contributed by atoms with E-state index in [0.29, 0.717) is 6.54 Å². The van der Waals surface area contributed by atoms with E-state index in [9.17, 15) is 4.79 Å². The Morgan fingerprint density at radius 1 is 1.20 bits per heavy atom. The highest BCUT2D eigenvalue weighted by Crippen LogP contribution is 2.68. The highest BCUT2D eigenvalue weighted by atomic mass is 16.2. The van der Waals surface area contributed by atoms with Gasteiger partial charge in [0.25, 0.3) is 0 Å². The van der Waals surface area contributed by atoms with Crippen LogP contribution in [0.5, 0.6) is 0 Å². The average Bonchev–Trinajstić information content (AvgIpc) is 2.67. The monoisotopic (exact) mass is 274 g/mol. The van der Waals surface area contributed by atoms with Crippen LogP contribution in [0.3, 0.4) is 0 Å². The number of aromatic nitrogens is 1. The molecule has 2 rings (SSSR count). The first-order chi connectivity index (χ1) is 9.16. The first-order valence-corrected chi connectivity index (χ1v) is 7.38. The molecule has 1 aliphatic carbocycles. The molecule has 0 radical (unpaired) electrons. The van der Waals surface area contributed by atoms with Gasteiger partial charge in [-0.3, -0.25) is 9.78 Å². The topological polar surface area (TPSA) is 42.0 Å². The predicted molar refractivity (Wildman–Crippen MR) is 81.5 cm³/mol. The van der Waals surface area contributed by atoms with Gasteiger partial charge in [-0.15, -0.1) is 0 Å². The van der Waals surface area contributed by atoms with E-state index in [0.717, 1.165) is 17.8 Å². The summed E-state index contributed by atoms with van der Waals surface area (Å²) in [4.78, 5) is 16.7. The molecule has 0 aromatic carbocycles. The van der Waals surface area contributed by atoms with Gasteiger partial charge in [-0.1, -0.05) is 27.7 Å². The molecule has 0 unspecified atom stereocenters. The van der Waals surface area contributed by atoms with Gasteiger partial charge in [0.2, 0.25) is 5.91 Å². The van der Waals surface area contributed by atoms with Crippen molar-refractivity contribution < 1.29 is 4.79 Å². The first kappa shape index (κ1) is 15.0. The molecule has 0 aliphatic heterocycles. The molecule has 1 aromatic heterocycles. The number of rotatable bonds is 4. The summed E-state index contributed by atoms with van der Waals surface area (Å²) in [5.41, 5.74) is 3.53. The minimum atomic E-state index is 0.106. The van der Waals surface area contributed by atoms with Gasteiger partial charge in [0.05, 0.1) is 0 Å². The summed E-state index contributed by atoms with van der Waals surface area (Å²) in [5.74, 6) is 0.312. The lowest BCUT2D eigenvalue weighted by atomic mass is 10.0. The fourth-order valence-corrected chi connectivity index (χ4v) is 3.32. The Morgan fingerprint density at radius 3 is 2.30 bits per heavy atom.